The zero-order valence-electron chi connectivity index (χ0n) is 12.5. The Hall–Kier alpha value is -1.15. The molecule has 120 valence electrons. The van der Waals surface area contributed by atoms with Crippen LogP contribution in [-0.2, 0) is 14.8 Å². The van der Waals surface area contributed by atoms with Gasteiger partial charge in [0.1, 0.15) is 5.75 Å². The quantitative estimate of drug-likeness (QED) is 0.654. The largest absolute Gasteiger partial charge is 0.494 e. The molecule has 0 aromatic heterocycles. The van der Waals surface area contributed by atoms with Gasteiger partial charge in [-0.15, -0.1) is 0 Å². The molecular formula is C14H23NO5S. The highest BCUT2D eigenvalue weighted by atomic mass is 32.2. The van der Waals surface area contributed by atoms with Gasteiger partial charge in [-0.25, -0.2) is 8.42 Å². The van der Waals surface area contributed by atoms with E-state index in [1.165, 1.54) is 23.5 Å². The number of benzene rings is 1. The molecule has 0 radical (unpaired) electrons. The van der Waals surface area contributed by atoms with Crippen molar-refractivity contribution in [2.24, 2.45) is 0 Å². The van der Waals surface area contributed by atoms with Crippen LogP contribution in [0.1, 0.15) is 13.3 Å². The first-order valence-corrected chi connectivity index (χ1v) is 8.34. The first kappa shape index (κ1) is 17.9. The fourth-order valence-electron chi connectivity index (χ4n) is 1.60. The molecule has 0 amide bonds. The minimum absolute atomic E-state index is 0.0666. The highest BCUT2D eigenvalue weighted by Gasteiger charge is 2.20. The van der Waals surface area contributed by atoms with Crippen LogP contribution in [0.5, 0.6) is 5.75 Å². The van der Waals surface area contributed by atoms with Crippen LogP contribution in [0.3, 0.4) is 0 Å². The van der Waals surface area contributed by atoms with Crippen LogP contribution in [0.2, 0.25) is 0 Å². The fourth-order valence-corrected chi connectivity index (χ4v) is 2.75. The van der Waals surface area contributed by atoms with Crippen molar-refractivity contribution in [2.75, 3.05) is 40.0 Å². The topological polar surface area (TPSA) is 76.1 Å². The number of hydrogen-bond donors (Lipinski definition) is 1. The third-order valence-electron chi connectivity index (χ3n) is 2.86. The SMILES string of the molecule is CCOCCN(C)S(=O)(=O)c1ccc(OCCCO)cc1. The maximum Gasteiger partial charge on any atom is 0.242 e. The lowest BCUT2D eigenvalue weighted by Crippen LogP contribution is -2.30. The number of hydrogen-bond acceptors (Lipinski definition) is 5. The second-order valence-electron chi connectivity index (χ2n) is 4.42. The molecule has 0 fully saturated rings. The predicted molar refractivity (Wildman–Crippen MR) is 79.9 cm³/mol. The van der Waals surface area contributed by atoms with Crippen molar-refractivity contribution in [1.29, 1.82) is 0 Å². The van der Waals surface area contributed by atoms with Gasteiger partial charge in [0.05, 0.1) is 18.1 Å². The van der Waals surface area contributed by atoms with Gasteiger partial charge < -0.3 is 14.6 Å². The molecule has 7 heteroatoms. The second kappa shape index (κ2) is 8.99. The van der Waals surface area contributed by atoms with Crippen LogP contribution in [-0.4, -0.2) is 57.8 Å². The third kappa shape index (κ3) is 5.62. The van der Waals surface area contributed by atoms with Crippen molar-refractivity contribution in [1.82, 2.24) is 4.31 Å². The number of rotatable bonds is 10. The summed E-state index contributed by atoms with van der Waals surface area (Å²) >= 11 is 0. The molecule has 0 bridgehead atoms. The molecule has 0 spiro atoms. The van der Waals surface area contributed by atoms with Gasteiger partial charge in [-0.05, 0) is 31.2 Å². The maximum absolute atomic E-state index is 12.3. The fraction of sp³-hybridized carbons (Fsp3) is 0.571. The lowest BCUT2D eigenvalue weighted by Gasteiger charge is -2.17. The maximum atomic E-state index is 12.3. The number of aliphatic hydroxyl groups is 1. The van der Waals surface area contributed by atoms with Gasteiger partial charge in [0.25, 0.3) is 0 Å². The van der Waals surface area contributed by atoms with E-state index in [0.717, 1.165) is 0 Å². The van der Waals surface area contributed by atoms with E-state index >= 15 is 0 Å². The van der Waals surface area contributed by atoms with E-state index in [4.69, 9.17) is 14.6 Å². The molecule has 1 aromatic carbocycles. The molecule has 21 heavy (non-hydrogen) atoms. The van der Waals surface area contributed by atoms with Gasteiger partial charge in [-0.2, -0.15) is 4.31 Å². The first-order valence-electron chi connectivity index (χ1n) is 6.90. The monoisotopic (exact) mass is 317 g/mol. The Bertz CT molecular complexity index is 501. The van der Waals surface area contributed by atoms with Crippen LogP contribution < -0.4 is 4.74 Å². The van der Waals surface area contributed by atoms with Crippen molar-refractivity contribution in [3.8, 4) is 5.75 Å². The normalized spacial score (nSPS) is 11.8. The summed E-state index contributed by atoms with van der Waals surface area (Å²) in [5, 5.41) is 8.67. The minimum Gasteiger partial charge on any atom is -0.494 e. The highest BCUT2D eigenvalue weighted by molar-refractivity contribution is 7.89. The molecule has 0 heterocycles. The molecule has 0 saturated carbocycles. The van der Waals surface area contributed by atoms with Crippen LogP contribution >= 0.6 is 0 Å². The summed E-state index contributed by atoms with van der Waals surface area (Å²) < 4.78 is 36.4. The predicted octanol–water partition coefficient (Wildman–Crippen LogP) is 1.10. The Morgan fingerprint density at radius 1 is 1.19 bits per heavy atom. The molecule has 0 atom stereocenters. The van der Waals surface area contributed by atoms with Crippen molar-refractivity contribution < 1.29 is 23.0 Å². The zero-order valence-corrected chi connectivity index (χ0v) is 13.3. The van der Waals surface area contributed by atoms with E-state index in [-0.39, 0.29) is 11.5 Å². The highest BCUT2D eigenvalue weighted by Crippen LogP contribution is 2.18. The summed E-state index contributed by atoms with van der Waals surface area (Å²) in [5.41, 5.74) is 0. The Morgan fingerprint density at radius 2 is 1.86 bits per heavy atom. The second-order valence-corrected chi connectivity index (χ2v) is 6.47. The van der Waals surface area contributed by atoms with Gasteiger partial charge in [0.15, 0.2) is 0 Å². The summed E-state index contributed by atoms with van der Waals surface area (Å²) in [6.07, 6.45) is 0.542. The molecule has 0 aliphatic rings. The smallest absolute Gasteiger partial charge is 0.242 e. The summed E-state index contributed by atoms with van der Waals surface area (Å²) in [6.45, 7) is 3.57. The number of ether oxygens (including phenoxy) is 2. The molecule has 1 aromatic rings. The number of likely N-dealkylation sites (N-methyl/N-ethyl adjacent to an activating group) is 1. The molecule has 0 saturated heterocycles. The lowest BCUT2D eigenvalue weighted by atomic mass is 10.3. The molecule has 6 nitrogen and oxygen atoms in total. The molecule has 0 aliphatic carbocycles. The summed E-state index contributed by atoms with van der Waals surface area (Å²) in [6, 6.07) is 6.25. The van der Waals surface area contributed by atoms with Crippen molar-refractivity contribution in [3.63, 3.8) is 0 Å². The minimum atomic E-state index is -3.50. The van der Waals surface area contributed by atoms with E-state index in [1.807, 2.05) is 6.92 Å². The number of aliphatic hydroxyl groups excluding tert-OH is 1. The number of nitrogens with zero attached hydrogens (tertiary/aromatic N) is 1. The molecule has 0 unspecified atom stereocenters. The third-order valence-corrected chi connectivity index (χ3v) is 4.73. The Labute approximate surface area is 126 Å². The molecule has 1 N–H and O–H groups in total. The van der Waals surface area contributed by atoms with Crippen molar-refractivity contribution in [2.45, 2.75) is 18.2 Å². The Morgan fingerprint density at radius 3 is 2.43 bits per heavy atom. The Kier molecular flexibility index (Phi) is 7.66. The lowest BCUT2D eigenvalue weighted by molar-refractivity contribution is 0.138. The van der Waals surface area contributed by atoms with Crippen molar-refractivity contribution >= 4 is 10.0 Å². The van der Waals surface area contributed by atoms with Gasteiger partial charge in [0, 0.05) is 33.2 Å². The van der Waals surface area contributed by atoms with Crippen LogP contribution in [0, 0.1) is 0 Å². The van der Waals surface area contributed by atoms with E-state index in [1.54, 1.807) is 12.1 Å². The first-order chi connectivity index (χ1) is 10.0. The van der Waals surface area contributed by atoms with Crippen molar-refractivity contribution in [3.05, 3.63) is 24.3 Å². The average Bonchev–Trinajstić information content (AvgIpc) is 2.48. The van der Waals surface area contributed by atoms with Crippen LogP contribution in [0.4, 0.5) is 0 Å². The summed E-state index contributed by atoms with van der Waals surface area (Å²) in [7, 11) is -1.98. The summed E-state index contributed by atoms with van der Waals surface area (Å²) in [5.74, 6) is 0.583. The van der Waals surface area contributed by atoms with Gasteiger partial charge >= 0.3 is 0 Å². The number of sulfonamides is 1. The van der Waals surface area contributed by atoms with Crippen LogP contribution in [0.25, 0.3) is 0 Å². The van der Waals surface area contributed by atoms with E-state index in [0.29, 0.717) is 38.5 Å². The van der Waals surface area contributed by atoms with Crippen LogP contribution in [0.15, 0.2) is 29.2 Å². The summed E-state index contributed by atoms with van der Waals surface area (Å²) in [4.78, 5) is 0.219. The van der Waals surface area contributed by atoms with E-state index in [9.17, 15) is 8.42 Å². The zero-order chi connectivity index (χ0) is 15.7. The van der Waals surface area contributed by atoms with E-state index in [2.05, 4.69) is 0 Å². The molecular weight excluding hydrogens is 294 g/mol. The van der Waals surface area contributed by atoms with Gasteiger partial charge in [-0.3, -0.25) is 0 Å². The standard InChI is InChI=1S/C14H23NO5S/c1-3-19-12-9-15(2)21(17,18)14-7-5-13(6-8-14)20-11-4-10-16/h5-8,16H,3-4,9-12H2,1-2H3. The van der Waals surface area contributed by atoms with E-state index < -0.39 is 10.0 Å². The Balaban J connectivity index is 2.66. The van der Waals surface area contributed by atoms with Gasteiger partial charge in [0.2, 0.25) is 10.0 Å². The van der Waals surface area contributed by atoms with Gasteiger partial charge in [-0.1, -0.05) is 0 Å². The molecule has 0 aliphatic heterocycles. The average molecular weight is 317 g/mol. The molecule has 1 rings (SSSR count).